The van der Waals surface area contributed by atoms with Crippen molar-refractivity contribution >= 4 is 17.5 Å². The lowest BCUT2D eigenvalue weighted by atomic mass is 9.85. The normalized spacial score (nSPS) is 24.8. The van der Waals surface area contributed by atoms with Crippen LogP contribution in [0.2, 0.25) is 0 Å². The number of benzene rings is 1. The zero-order valence-corrected chi connectivity index (χ0v) is 16.3. The van der Waals surface area contributed by atoms with Crippen LogP contribution in [0.5, 0.6) is 0 Å². The molecule has 1 aromatic carbocycles. The van der Waals surface area contributed by atoms with E-state index in [9.17, 15) is 14.0 Å². The summed E-state index contributed by atoms with van der Waals surface area (Å²) in [6, 6.07) is 7.42. The number of anilines is 1. The minimum Gasteiger partial charge on any atom is -0.351 e. The third kappa shape index (κ3) is 3.32. The average Bonchev–Trinajstić information content (AvgIpc) is 3.11. The fraction of sp³-hybridized carbons (Fsp3) is 0.455. The molecule has 5 nitrogen and oxygen atoms in total. The van der Waals surface area contributed by atoms with E-state index < -0.39 is 6.04 Å². The maximum Gasteiger partial charge on any atom is 0.249 e. The van der Waals surface area contributed by atoms with Gasteiger partial charge in [-0.3, -0.25) is 14.5 Å². The number of carbonyl (C=O) groups is 2. The Morgan fingerprint density at radius 1 is 1.21 bits per heavy atom. The predicted molar refractivity (Wildman–Crippen MR) is 105 cm³/mol. The highest BCUT2D eigenvalue weighted by atomic mass is 19.1. The van der Waals surface area contributed by atoms with Gasteiger partial charge in [0.15, 0.2) is 6.04 Å². The van der Waals surface area contributed by atoms with Crippen molar-refractivity contribution in [3.8, 4) is 0 Å². The number of hydrogen-bond acceptors (Lipinski definition) is 2. The first-order valence-corrected chi connectivity index (χ1v) is 9.99. The summed E-state index contributed by atoms with van der Waals surface area (Å²) >= 11 is 0. The Morgan fingerprint density at radius 2 is 2.00 bits per heavy atom. The summed E-state index contributed by atoms with van der Waals surface area (Å²) in [4.78, 5) is 27.9. The Hall–Kier alpha value is -2.63. The number of nitrogens with zero attached hydrogens (tertiary/aromatic N) is 2. The maximum absolute atomic E-state index is 13.6. The highest BCUT2D eigenvalue weighted by molar-refractivity contribution is 6.03. The number of rotatable bonds is 3. The van der Waals surface area contributed by atoms with Gasteiger partial charge < -0.3 is 9.88 Å². The maximum atomic E-state index is 13.6. The molecule has 148 valence electrons. The second kappa shape index (κ2) is 7.41. The van der Waals surface area contributed by atoms with Crippen molar-refractivity contribution in [1.82, 2.24) is 9.88 Å². The second-order valence-corrected chi connectivity index (χ2v) is 8.03. The molecular formula is C22H26FN3O2. The molecule has 4 rings (SSSR count). The van der Waals surface area contributed by atoms with Gasteiger partial charge in [0.25, 0.3) is 0 Å². The van der Waals surface area contributed by atoms with Gasteiger partial charge >= 0.3 is 0 Å². The van der Waals surface area contributed by atoms with Crippen LogP contribution < -0.4 is 10.2 Å². The van der Waals surface area contributed by atoms with Crippen molar-refractivity contribution in [1.29, 1.82) is 0 Å². The SMILES string of the molecule is Cc1cc(F)ccc1N1C(=O)Cn2cccc2C1C(=O)NC1CCCCC1C. The number of amides is 2. The number of halogens is 1. The van der Waals surface area contributed by atoms with Gasteiger partial charge in [-0.1, -0.05) is 19.8 Å². The van der Waals surface area contributed by atoms with Gasteiger partial charge in [0.1, 0.15) is 12.4 Å². The number of aryl methyl sites for hydroxylation is 1. The Bertz CT molecular complexity index is 907. The van der Waals surface area contributed by atoms with E-state index >= 15 is 0 Å². The molecule has 1 fully saturated rings. The predicted octanol–water partition coefficient (Wildman–Crippen LogP) is 3.72. The van der Waals surface area contributed by atoms with Crippen LogP contribution in [0.25, 0.3) is 0 Å². The lowest BCUT2D eigenvalue weighted by Crippen LogP contribution is -2.52. The highest BCUT2D eigenvalue weighted by Crippen LogP contribution is 2.35. The summed E-state index contributed by atoms with van der Waals surface area (Å²) in [7, 11) is 0. The van der Waals surface area contributed by atoms with Gasteiger partial charge in [0.2, 0.25) is 11.8 Å². The van der Waals surface area contributed by atoms with Crippen LogP contribution in [-0.4, -0.2) is 22.4 Å². The third-order valence-electron chi connectivity index (χ3n) is 6.08. The molecule has 2 aromatic rings. The summed E-state index contributed by atoms with van der Waals surface area (Å²) in [6.07, 6.45) is 6.19. The molecule has 3 unspecified atom stereocenters. The summed E-state index contributed by atoms with van der Waals surface area (Å²) in [6.45, 7) is 4.10. The topological polar surface area (TPSA) is 54.3 Å². The second-order valence-electron chi connectivity index (χ2n) is 8.03. The lowest BCUT2D eigenvalue weighted by molar-refractivity contribution is -0.129. The fourth-order valence-corrected chi connectivity index (χ4v) is 4.52. The molecule has 0 saturated heterocycles. The molecule has 2 amide bonds. The molecule has 0 spiro atoms. The molecule has 1 aliphatic heterocycles. The van der Waals surface area contributed by atoms with Crippen molar-refractivity contribution in [3.63, 3.8) is 0 Å². The Labute approximate surface area is 164 Å². The van der Waals surface area contributed by atoms with Crippen LogP contribution in [-0.2, 0) is 16.1 Å². The highest BCUT2D eigenvalue weighted by Gasteiger charge is 2.40. The molecule has 1 aromatic heterocycles. The minimum absolute atomic E-state index is 0.123. The number of nitrogens with one attached hydrogen (secondary N) is 1. The third-order valence-corrected chi connectivity index (χ3v) is 6.08. The van der Waals surface area contributed by atoms with Crippen molar-refractivity contribution in [2.75, 3.05) is 4.90 Å². The summed E-state index contributed by atoms with van der Waals surface area (Å²) < 4.78 is 15.4. The molecule has 1 N–H and O–H groups in total. The number of hydrogen-bond donors (Lipinski definition) is 1. The Morgan fingerprint density at radius 3 is 2.75 bits per heavy atom. The van der Waals surface area contributed by atoms with Crippen LogP contribution in [0.3, 0.4) is 0 Å². The van der Waals surface area contributed by atoms with E-state index in [2.05, 4.69) is 12.2 Å². The molecular weight excluding hydrogens is 357 g/mol. The van der Waals surface area contributed by atoms with Crippen LogP contribution in [0.1, 0.15) is 49.9 Å². The van der Waals surface area contributed by atoms with E-state index in [1.807, 2.05) is 22.9 Å². The zero-order chi connectivity index (χ0) is 19.8. The van der Waals surface area contributed by atoms with Gasteiger partial charge in [0, 0.05) is 17.9 Å². The van der Waals surface area contributed by atoms with E-state index in [0.29, 0.717) is 17.2 Å². The first kappa shape index (κ1) is 18.7. The van der Waals surface area contributed by atoms with E-state index in [1.54, 1.807) is 13.0 Å². The van der Waals surface area contributed by atoms with Gasteiger partial charge in [-0.05, 0) is 61.6 Å². The number of fused-ring (bicyclic) bond motifs is 1. The smallest absolute Gasteiger partial charge is 0.249 e. The molecule has 2 aliphatic rings. The zero-order valence-electron chi connectivity index (χ0n) is 16.3. The van der Waals surface area contributed by atoms with Gasteiger partial charge in [-0.2, -0.15) is 0 Å². The summed E-state index contributed by atoms with van der Waals surface area (Å²) in [5.41, 5.74) is 2.00. The molecule has 1 aliphatic carbocycles. The Balaban J connectivity index is 1.71. The quantitative estimate of drug-likeness (QED) is 0.878. The van der Waals surface area contributed by atoms with Crippen LogP contribution >= 0.6 is 0 Å². The first-order valence-electron chi connectivity index (χ1n) is 9.99. The van der Waals surface area contributed by atoms with Gasteiger partial charge in [-0.25, -0.2) is 4.39 Å². The van der Waals surface area contributed by atoms with Crippen molar-refractivity contribution < 1.29 is 14.0 Å². The molecule has 0 radical (unpaired) electrons. The van der Waals surface area contributed by atoms with E-state index in [0.717, 1.165) is 25.0 Å². The van der Waals surface area contributed by atoms with E-state index in [-0.39, 0.29) is 30.2 Å². The Kier molecular flexibility index (Phi) is 4.96. The first-order chi connectivity index (χ1) is 13.5. The largest absolute Gasteiger partial charge is 0.351 e. The van der Waals surface area contributed by atoms with Crippen molar-refractivity contribution in [3.05, 3.63) is 53.6 Å². The molecule has 3 atom stereocenters. The van der Waals surface area contributed by atoms with Gasteiger partial charge in [-0.15, -0.1) is 0 Å². The monoisotopic (exact) mass is 383 g/mol. The fourth-order valence-electron chi connectivity index (χ4n) is 4.52. The van der Waals surface area contributed by atoms with Crippen LogP contribution in [0.4, 0.5) is 10.1 Å². The van der Waals surface area contributed by atoms with Crippen molar-refractivity contribution in [2.45, 2.75) is 58.2 Å². The number of carbonyl (C=O) groups excluding carboxylic acids is 2. The summed E-state index contributed by atoms with van der Waals surface area (Å²) in [5, 5.41) is 3.20. The molecule has 1 saturated carbocycles. The lowest BCUT2D eigenvalue weighted by Gasteiger charge is -2.38. The number of aromatic nitrogens is 1. The van der Waals surface area contributed by atoms with E-state index in [4.69, 9.17) is 0 Å². The average molecular weight is 383 g/mol. The van der Waals surface area contributed by atoms with Crippen molar-refractivity contribution in [2.24, 2.45) is 5.92 Å². The molecule has 28 heavy (non-hydrogen) atoms. The van der Waals surface area contributed by atoms with Crippen LogP contribution in [0.15, 0.2) is 36.5 Å². The molecule has 2 heterocycles. The van der Waals surface area contributed by atoms with E-state index in [1.165, 1.54) is 23.5 Å². The molecule has 6 heteroatoms. The minimum atomic E-state index is -0.755. The van der Waals surface area contributed by atoms with Crippen LogP contribution in [0, 0.1) is 18.7 Å². The molecule has 0 bridgehead atoms. The standard InChI is InChI=1S/C22H26FN3O2/c1-14-6-3-4-7-17(14)24-22(28)21-19-8-5-11-25(19)13-20(27)26(21)18-10-9-16(23)12-15(18)2/h5,8-12,14,17,21H,3-4,6-7,13H2,1-2H3,(H,24,28). The van der Waals surface area contributed by atoms with Gasteiger partial charge in [0.05, 0.1) is 5.69 Å². The summed E-state index contributed by atoms with van der Waals surface area (Å²) in [5.74, 6) is -0.276.